The third-order valence-corrected chi connectivity index (χ3v) is 7.34. The standard InChI is InChI=1S/C29H33N5O7/c1-5-19(17-10-7-6-8-11-17)30-22-23(26(37)25(22)36)32(4)20-13-9-12-18(24(20)35)27(38)34-15-14-33(29(41)31(2)3)16-21(34)28(39)40/h6-13,19,21,30,35H,5,14-16H2,1-4H3,(H,39,40)/t19-,21?/m1/s1. The van der Waals surface area contributed by atoms with Gasteiger partial charge in [-0.15, -0.1) is 0 Å². The number of carbonyl (C=O) groups is 3. The largest absolute Gasteiger partial charge is 0.505 e. The van der Waals surface area contributed by atoms with Crippen molar-refractivity contribution in [2.75, 3.05) is 51.0 Å². The highest BCUT2D eigenvalue weighted by atomic mass is 16.4. The number of phenols is 1. The Labute approximate surface area is 236 Å². The van der Waals surface area contributed by atoms with E-state index in [-0.39, 0.29) is 54.3 Å². The highest BCUT2D eigenvalue weighted by molar-refractivity contribution is 6.01. The first-order chi connectivity index (χ1) is 19.5. The topological polar surface area (TPSA) is 151 Å². The summed E-state index contributed by atoms with van der Waals surface area (Å²) in [6, 6.07) is 11.9. The maximum atomic E-state index is 13.5. The third kappa shape index (κ3) is 5.45. The molecule has 0 saturated carbocycles. The second-order valence-electron chi connectivity index (χ2n) is 10.1. The molecular formula is C29H33N5O7. The number of para-hydroxylation sites is 1. The van der Waals surface area contributed by atoms with E-state index in [1.54, 1.807) is 14.1 Å². The van der Waals surface area contributed by atoms with Gasteiger partial charge in [-0.3, -0.25) is 14.4 Å². The predicted molar refractivity (Wildman–Crippen MR) is 154 cm³/mol. The van der Waals surface area contributed by atoms with E-state index in [1.165, 1.54) is 39.9 Å². The number of aromatic hydroxyl groups is 1. The van der Waals surface area contributed by atoms with Gasteiger partial charge in [-0.05, 0) is 24.1 Å². The number of carboxylic acids is 1. The van der Waals surface area contributed by atoms with Gasteiger partial charge < -0.3 is 35.1 Å². The Kier molecular flexibility index (Phi) is 8.31. The third-order valence-electron chi connectivity index (χ3n) is 7.34. The van der Waals surface area contributed by atoms with E-state index >= 15 is 0 Å². The first-order valence-corrected chi connectivity index (χ1v) is 13.2. The van der Waals surface area contributed by atoms with E-state index < -0.39 is 34.5 Å². The predicted octanol–water partition coefficient (Wildman–Crippen LogP) is 2.21. The van der Waals surface area contributed by atoms with Crippen molar-refractivity contribution in [1.29, 1.82) is 0 Å². The average molecular weight is 564 g/mol. The molecule has 0 aliphatic carbocycles. The summed E-state index contributed by atoms with van der Waals surface area (Å²) in [5.74, 6) is -2.49. The summed E-state index contributed by atoms with van der Waals surface area (Å²) in [6.45, 7) is 1.79. The maximum Gasteiger partial charge on any atom is 0.328 e. The number of urea groups is 1. The van der Waals surface area contributed by atoms with E-state index in [0.29, 0.717) is 6.42 Å². The van der Waals surface area contributed by atoms with Crippen LogP contribution < -0.4 is 21.1 Å². The molecule has 2 atom stereocenters. The summed E-state index contributed by atoms with van der Waals surface area (Å²) >= 11 is 0. The molecular weight excluding hydrogens is 530 g/mol. The number of hydrogen-bond acceptors (Lipinski definition) is 8. The molecule has 4 rings (SSSR count). The number of benzene rings is 2. The molecule has 0 bridgehead atoms. The Bertz CT molecular complexity index is 1530. The highest BCUT2D eigenvalue weighted by Gasteiger charge is 2.39. The maximum absolute atomic E-state index is 13.5. The van der Waals surface area contributed by atoms with Gasteiger partial charge in [0.05, 0.1) is 23.8 Å². The number of phenolic OH excluding ortho intramolecular Hbond substituents is 1. The first kappa shape index (κ1) is 29.1. The lowest BCUT2D eigenvalue weighted by Crippen LogP contribution is -2.60. The van der Waals surface area contributed by atoms with Crippen molar-refractivity contribution in [3.63, 3.8) is 0 Å². The van der Waals surface area contributed by atoms with Crippen LogP contribution in [0.5, 0.6) is 5.75 Å². The molecule has 12 nitrogen and oxygen atoms in total. The Morgan fingerprint density at radius 1 is 1.00 bits per heavy atom. The lowest BCUT2D eigenvalue weighted by Gasteiger charge is -2.40. The van der Waals surface area contributed by atoms with E-state index in [0.717, 1.165) is 10.5 Å². The smallest absolute Gasteiger partial charge is 0.328 e. The zero-order valence-electron chi connectivity index (χ0n) is 23.3. The van der Waals surface area contributed by atoms with Crippen LogP contribution in [0.15, 0.2) is 58.1 Å². The fraction of sp³-hybridized carbons (Fsp3) is 0.345. The summed E-state index contributed by atoms with van der Waals surface area (Å²) in [5, 5.41) is 24.1. The van der Waals surface area contributed by atoms with Crippen LogP contribution in [0.25, 0.3) is 0 Å². The van der Waals surface area contributed by atoms with Crippen molar-refractivity contribution in [3.8, 4) is 5.75 Å². The fourth-order valence-corrected chi connectivity index (χ4v) is 5.06. The molecule has 0 radical (unpaired) electrons. The van der Waals surface area contributed by atoms with Crippen LogP contribution in [-0.2, 0) is 4.79 Å². The minimum atomic E-state index is -1.32. The van der Waals surface area contributed by atoms with Crippen LogP contribution in [-0.4, -0.2) is 89.6 Å². The zero-order valence-corrected chi connectivity index (χ0v) is 23.3. The van der Waals surface area contributed by atoms with Gasteiger partial charge in [0, 0.05) is 34.2 Å². The molecule has 1 aliphatic rings. The molecule has 3 amide bonds. The molecule has 1 aliphatic heterocycles. The first-order valence-electron chi connectivity index (χ1n) is 13.2. The monoisotopic (exact) mass is 563 g/mol. The van der Waals surface area contributed by atoms with Gasteiger partial charge in [0.15, 0.2) is 5.75 Å². The molecule has 1 saturated heterocycles. The number of carboxylic acid groups (broad SMARTS) is 1. The van der Waals surface area contributed by atoms with Gasteiger partial charge in [-0.1, -0.05) is 43.3 Å². The van der Waals surface area contributed by atoms with Crippen LogP contribution >= 0.6 is 0 Å². The number of carbonyl (C=O) groups excluding carboxylic acids is 2. The zero-order chi connectivity index (χ0) is 30.0. The normalized spacial score (nSPS) is 15.9. The van der Waals surface area contributed by atoms with Crippen LogP contribution in [0.1, 0.15) is 35.3 Å². The molecule has 1 fully saturated rings. The van der Waals surface area contributed by atoms with Crippen LogP contribution in [0.3, 0.4) is 0 Å². The SMILES string of the molecule is CC[C@@H](Nc1c(N(C)c2cccc(C(=O)N3CCN(C(=O)N(C)C)CC3C(=O)O)c2O)c(=O)c1=O)c1ccccc1. The fourth-order valence-electron chi connectivity index (χ4n) is 5.06. The number of rotatable bonds is 8. The minimum absolute atomic E-state index is 0.0449. The summed E-state index contributed by atoms with van der Waals surface area (Å²) in [7, 11) is 4.60. The van der Waals surface area contributed by atoms with Crippen LogP contribution in [0, 0.1) is 0 Å². The molecule has 1 heterocycles. The van der Waals surface area contributed by atoms with E-state index in [2.05, 4.69) is 5.32 Å². The van der Waals surface area contributed by atoms with Gasteiger partial charge >= 0.3 is 12.0 Å². The number of aliphatic carboxylic acids is 1. The minimum Gasteiger partial charge on any atom is -0.505 e. The summed E-state index contributed by atoms with van der Waals surface area (Å²) < 4.78 is 0. The van der Waals surface area contributed by atoms with Crippen molar-refractivity contribution < 1.29 is 24.6 Å². The van der Waals surface area contributed by atoms with Crippen molar-refractivity contribution in [2.45, 2.75) is 25.4 Å². The second kappa shape index (κ2) is 11.7. The lowest BCUT2D eigenvalue weighted by molar-refractivity contribution is -0.144. The number of anilines is 3. The van der Waals surface area contributed by atoms with Gasteiger partial charge in [0.2, 0.25) is 0 Å². The van der Waals surface area contributed by atoms with Gasteiger partial charge in [-0.25, -0.2) is 9.59 Å². The number of piperazine rings is 1. The Morgan fingerprint density at radius 2 is 1.68 bits per heavy atom. The van der Waals surface area contributed by atoms with E-state index in [9.17, 15) is 34.2 Å². The Hall–Kier alpha value is -4.87. The van der Waals surface area contributed by atoms with E-state index in [1.807, 2.05) is 37.3 Å². The molecule has 3 N–H and O–H groups in total. The molecule has 12 heteroatoms. The molecule has 0 aromatic heterocycles. The average Bonchev–Trinajstić information content (AvgIpc) is 2.97. The van der Waals surface area contributed by atoms with Crippen LogP contribution in [0.2, 0.25) is 0 Å². The Balaban J connectivity index is 1.62. The van der Waals surface area contributed by atoms with Crippen molar-refractivity contribution >= 4 is 35.0 Å². The van der Waals surface area contributed by atoms with E-state index in [4.69, 9.17) is 0 Å². The molecule has 1 unspecified atom stereocenters. The quantitative estimate of drug-likeness (QED) is 0.351. The summed E-state index contributed by atoms with van der Waals surface area (Å²) in [5.41, 5.74) is -0.402. The highest BCUT2D eigenvalue weighted by Crippen LogP contribution is 2.37. The van der Waals surface area contributed by atoms with Crippen molar-refractivity contribution in [1.82, 2.24) is 14.7 Å². The van der Waals surface area contributed by atoms with Crippen molar-refractivity contribution in [3.05, 3.63) is 80.1 Å². The Morgan fingerprint density at radius 3 is 2.29 bits per heavy atom. The molecule has 41 heavy (non-hydrogen) atoms. The number of hydrogen-bond donors (Lipinski definition) is 3. The van der Waals surface area contributed by atoms with Gasteiger partial charge in [-0.2, -0.15) is 0 Å². The van der Waals surface area contributed by atoms with Gasteiger partial charge in [0.25, 0.3) is 16.8 Å². The number of nitrogens with zero attached hydrogens (tertiary/aromatic N) is 4. The molecule has 3 aromatic rings. The molecule has 3 aromatic carbocycles. The lowest BCUT2D eigenvalue weighted by atomic mass is 10.0. The summed E-state index contributed by atoms with van der Waals surface area (Å²) in [6.07, 6.45) is 0.638. The molecule has 0 spiro atoms. The summed E-state index contributed by atoms with van der Waals surface area (Å²) in [4.78, 5) is 68.3. The second-order valence-corrected chi connectivity index (χ2v) is 10.1. The number of amides is 3. The molecule has 216 valence electrons. The van der Waals surface area contributed by atoms with Gasteiger partial charge in [0.1, 0.15) is 17.4 Å². The number of nitrogens with one attached hydrogen (secondary N) is 1. The van der Waals surface area contributed by atoms with Crippen molar-refractivity contribution in [2.24, 2.45) is 0 Å². The van der Waals surface area contributed by atoms with Crippen LogP contribution in [0.4, 0.5) is 21.9 Å².